The minimum absolute atomic E-state index is 0.102. The molecule has 0 fully saturated rings. The number of carbonyl (C=O) groups excluding carboxylic acids is 2. The number of Topliss-reactive ketones (excluding diaryl/α,β-unsaturated/α-hetero) is 2. The van der Waals surface area contributed by atoms with Crippen molar-refractivity contribution in [2.45, 2.75) is 99.4 Å². The highest BCUT2D eigenvalue weighted by atomic mass is 16.5. The molecule has 0 heterocycles. The Kier molecular flexibility index (Phi) is 9.81. The summed E-state index contributed by atoms with van der Waals surface area (Å²) in [7, 11) is 0. The van der Waals surface area contributed by atoms with Crippen molar-refractivity contribution in [1.82, 2.24) is 0 Å². The Morgan fingerprint density at radius 1 is 0.853 bits per heavy atom. The average Bonchev–Trinajstić information content (AvgIpc) is 2.69. The molecular formula is C28H44O6. The molecule has 0 amide bonds. The largest absolute Gasteiger partial charge is 0.481 e. The van der Waals surface area contributed by atoms with Gasteiger partial charge in [0.15, 0.2) is 5.78 Å². The zero-order chi connectivity index (χ0) is 26.5. The molecule has 34 heavy (non-hydrogen) atoms. The van der Waals surface area contributed by atoms with Crippen LogP contribution < -0.4 is 0 Å². The lowest BCUT2D eigenvalue weighted by Gasteiger charge is -2.43. The number of carbonyl (C=O) groups is 3. The fourth-order valence-corrected chi connectivity index (χ4v) is 3.66. The Hall–Kier alpha value is -2.05. The van der Waals surface area contributed by atoms with Gasteiger partial charge in [-0.3, -0.25) is 14.4 Å². The minimum atomic E-state index is -1.01. The predicted molar refractivity (Wildman–Crippen MR) is 134 cm³/mol. The molecule has 1 N–H and O–H groups in total. The maximum absolute atomic E-state index is 13.8. The quantitative estimate of drug-likeness (QED) is 0.396. The molecule has 1 aromatic carbocycles. The number of carboxylic acid groups (broad SMARTS) is 1. The Morgan fingerprint density at radius 3 is 1.82 bits per heavy atom. The van der Waals surface area contributed by atoms with E-state index >= 15 is 0 Å². The van der Waals surface area contributed by atoms with Crippen molar-refractivity contribution in [3.05, 3.63) is 35.9 Å². The molecule has 1 aromatic rings. The van der Waals surface area contributed by atoms with Crippen molar-refractivity contribution < 1.29 is 29.0 Å². The van der Waals surface area contributed by atoms with Gasteiger partial charge in [-0.1, -0.05) is 65.0 Å². The van der Waals surface area contributed by atoms with Gasteiger partial charge in [-0.25, -0.2) is 0 Å². The summed E-state index contributed by atoms with van der Waals surface area (Å²) in [4.78, 5) is 37.9. The molecule has 1 rings (SSSR count). The summed E-state index contributed by atoms with van der Waals surface area (Å²) in [6, 6.07) is 9.42. The lowest BCUT2D eigenvalue weighted by Crippen LogP contribution is -2.50. The van der Waals surface area contributed by atoms with E-state index < -0.39 is 40.0 Å². The third kappa shape index (κ3) is 8.31. The lowest BCUT2D eigenvalue weighted by molar-refractivity contribution is -0.169. The molecule has 0 aliphatic rings. The van der Waals surface area contributed by atoms with E-state index in [1.165, 1.54) is 0 Å². The fourth-order valence-electron chi connectivity index (χ4n) is 3.66. The van der Waals surface area contributed by atoms with E-state index in [2.05, 4.69) is 0 Å². The van der Waals surface area contributed by atoms with Gasteiger partial charge in [0, 0.05) is 17.9 Å². The molecular weight excluding hydrogens is 432 g/mol. The Bertz CT molecular complexity index is 840. The molecule has 6 nitrogen and oxygen atoms in total. The van der Waals surface area contributed by atoms with Crippen LogP contribution in [0, 0.1) is 16.7 Å². The van der Waals surface area contributed by atoms with Crippen LogP contribution in [-0.4, -0.2) is 40.5 Å². The van der Waals surface area contributed by atoms with Crippen molar-refractivity contribution in [1.29, 1.82) is 0 Å². The monoisotopic (exact) mass is 476 g/mol. The number of ether oxygens (including phenoxy) is 2. The first-order valence-electron chi connectivity index (χ1n) is 12.0. The Morgan fingerprint density at radius 2 is 1.38 bits per heavy atom. The van der Waals surface area contributed by atoms with Gasteiger partial charge < -0.3 is 14.6 Å². The second kappa shape index (κ2) is 11.1. The SMILES string of the molecule is CC(C)(C)OC(C(=O)C(C)(C)C(C)(C)OCCC(CC(=O)O)C(=O)C(C)(C)C)c1ccccc1. The highest BCUT2D eigenvalue weighted by Crippen LogP contribution is 2.41. The first-order chi connectivity index (χ1) is 15.3. The van der Waals surface area contributed by atoms with Crippen LogP contribution in [0.1, 0.15) is 93.7 Å². The van der Waals surface area contributed by atoms with E-state index in [4.69, 9.17) is 9.47 Å². The van der Waals surface area contributed by atoms with Gasteiger partial charge in [0.25, 0.3) is 0 Å². The van der Waals surface area contributed by atoms with Crippen LogP contribution >= 0.6 is 0 Å². The topological polar surface area (TPSA) is 89.9 Å². The number of rotatable bonds is 12. The van der Waals surface area contributed by atoms with Crippen LogP contribution in [0.2, 0.25) is 0 Å². The predicted octanol–water partition coefficient (Wildman–Crippen LogP) is 6.03. The smallest absolute Gasteiger partial charge is 0.304 e. The first-order valence-corrected chi connectivity index (χ1v) is 12.0. The van der Waals surface area contributed by atoms with Crippen LogP contribution in [-0.2, 0) is 23.9 Å². The van der Waals surface area contributed by atoms with Gasteiger partial charge in [0.05, 0.1) is 23.0 Å². The summed E-state index contributed by atoms with van der Waals surface area (Å²) < 4.78 is 12.4. The summed E-state index contributed by atoms with van der Waals surface area (Å²) in [6.07, 6.45) is -0.727. The third-order valence-electron chi connectivity index (χ3n) is 6.39. The molecule has 0 saturated carbocycles. The molecule has 192 valence electrons. The number of hydrogen-bond donors (Lipinski definition) is 1. The summed E-state index contributed by atoms with van der Waals surface area (Å²) in [5.74, 6) is -1.86. The number of aliphatic carboxylic acids is 1. The highest BCUT2D eigenvalue weighted by Gasteiger charge is 2.48. The van der Waals surface area contributed by atoms with Crippen molar-refractivity contribution in [2.24, 2.45) is 16.7 Å². The Balaban J connectivity index is 3.08. The highest BCUT2D eigenvalue weighted by molar-refractivity contribution is 5.90. The van der Waals surface area contributed by atoms with Gasteiger partial charge in [-0.05, 0) is 46.6 Å². The van der Waals surface area contributed by atoms with Gasteiger partial charge in [0.1, 0.15) is 11.9 Å². The van der Waals surface area contributed by atoms with E-state index in [9.17, 15) is 19.5 Å². The number of benzene rings is 1. The molecule has 0 spiro atoms. The fraction of sp³-hybridized carbons (Fsp3) is 0.679. The Labute approximate surface area is 205 Å². The molecule has 0 aliphatic heterocycles. The van der Waals surface area contributed by atoms with Crippen molar-refractivity contribution in [3.63, 3.8) is 0 Å². The van der Waals surface area contributed by atoms with Crippen molar-refractivity contribution in [3.8, 4) is 0 Å². The van der Waals surface area contributed by atoms with Gasteiger partial charge in [-0.2, -0.15) is 0 Å². The van der Waals surface area contributed by atoms with E-state index in [-0.39, 0.29) is 31.0 Å². The molecule has 0 bridgehead atoms. The van der Waals surface area contributed by atoms with Crippen molar-refractivity contribution >= 4 is 17.5 Å². The molecule has 0 aromatic heterocycles. The summed E-state index contributed by atoms with van der Waals surface area (Å²) in [5, 5.41) is 9.27. The number of carboxylic acids is 1. The molecule has 0 aliphatic carbocycles. The van der Waals surface area contributed by atoms with Crippen molar-refractivity contribution in [2.75, 3.05) is 6.61 Å². The zero-order valence-electron chi connectivity index (χ0n) is 22.7. The third-order valence-corrected chi connectivity index (χ3v) is 6.39. The lowest BCUT2D eigenvalue weighted by atomic mass is 9.71. The van der Waals surface area contributed by atoms with Crippen LogP contribution in [0.3, 0.4) is 0 Å². The van der Waals surface area contributed by atoms with Gasteiger partial charge >= 0.3 is 5.97 Å². The van der Waals surface area contributed by atoms with Gasteiger partial charge in [-0.15, -0.1) is 0 Å². The van der Waals surface area contributed by atoms with E-state index in [0.717, 1.165) is 5.56 Å². The molecule has 6 heteroatoms. The van der Waals surface area contributed by atoms with E-state index in [1.54, 1.807) is 20.8 Å². The standard InChI is InChI=1S/C28H44O6/c1-25(2,3)23(31)20(18-21(29)30)16-17-33-28(9,10)27(7,8)24(32)22(34-26(4,5)6)19-14-12-11-13-15-19/h11-15,20,22H,16-18H2,1-10H3,(H,29,30). The summed E-state index contributed by atoms with van der Waals surface area (Å²) in [5.41, 5.74) is -2.22. The molecule has 2 atom stereocenters. The summed E-state index contributed by atoms with van der Waals surface area (Å²) >= 11 is 0. The number of hydrogen-bond acceptors (Lipinski definition) is 5. The second-order valence-corrected chi connectivity index (χ2v) is 12.1. The number of ketones is 2. The molecule has 0 radical (unpaired) electrons. The average molecular weight is 477 g/mol. The molecule has 2 unspecified atom stereocenters. The normalized spacial score (nSPS) is 15.0. The molecule has 0 saturated heterocycles. The van der Waals surface area contributed by atoms with Crippen LogP contribution in [0.4, 0.5) is 0 Å². The van der Waals surface area contributed by atoms with Crippen LogP contribution in [0.25, 0.3) is 0 Å². The van der Waals surface area contributed by atoms with E-state index in [1.807, 2.05) is 78.8 Å². The van der Waals surface area contributed by atoms with Crippen LogP contribution in [0.15, 0.2) is 30.3 Å². The zero-order valence-corrected chi connectivity index (χ0v) is 22.7. The maximum atomic E-state index is 13.8. The second-order valence-electron chi connectivity index (χ2n) is 12.1. The van der Waals surface area contributed by atoms with E-state index in [0.29, 0.717) is 0 Å². The summed E-state index contributed by atoms with van der Waals surface area (Å²) in [6.45, 7) is 18.7. The van der Waals surface area contributed by atoms with Gasteiger partial charge in [0.2, 0.25) is 0 Å². The first kappa shape index (κ1) is 30.0. The maximum Gasteiger partial charge on any atom is 0.304 e. The minimum Gasteiger partial charge on any atom is -0.481 e. The van der Waals surface area contributed by atoms with Crippen LogP contribution in [0.5, 0.6) is 0 Å².